The van der Waals surface area contributed by atoms with Crippen molar-refractivity contribution in [3.63, 3.8) is 0 Å². The van der Waals surface area contributed by atoms with E-state index in [1.54, 1.807) is 12.1 Å². The van der Waals surface area contributed by atoms with Crippen molar-refractivity contribution in [2.75, 3.05) is 12.3 Å². The largest absolute Gasteiger partial charge is 0.310 e. The Morgan fingerprint density at radius 1 is 1.35 bits per heavy atom. The molecule has 17 heavy (non-hydrogen) atoms. The van der Waals surface area contributed by atoms with E-state index < -0.39 is 10.0 Å². The van der Waals surface area contributed by atoms with Gasteiger partial charge < -0.3 is 5.32 Å². The standard InChI is InChI=1S/C11H17FN2O2S/c1-9(10-3-5-11(12)6-4-10)14-7-2-8-17(13,15)16/h3-6,9,14H,2,7-8H2,1H3,(H2,13,15,16). The molecule has 0 heterocycles. The zero-order chi connectivity index (χ0) is 12.9. The van der Waals surface area contributed by atoms with Gasteiger partial charge in [-0.25, -0.2) is 17.9 Å². The molecular weight excluding hydrogens is 243 g/mol. The van der Waals surface area contributed by atoms with Crippen molar-refractivity contribution in [1.82, 2.24) is 5.32 Å². The number of hydrogen-bond donors (Lipinski definition) is 2. The molecule has 96 valence electrons. The van der Waals surface area contributed by atoms with E-state index in [1.807, 2.05) is 6.92 Å². The minimum absolute atomic E-state index is 0.0316. The minimum Gasteiger partial charge on any atom is -0.310 e. The summed E-state index contributed by atoms with van der Waals surface area (Å²) in [5.74, 6) is -0.300. The van der Waals surface area contributed by atoms with Crippen molar-refractivity contribution < 1.29 is 12.8 Å². The fraction of sp³-hybridized carbons (Fsp3) is 0.455. The molecule has 3 N–H and O–H groups in total. The number of rotatable bonds is 6. The highest BCUT2D eigenvalue weighted by molar-refractivity contribution is 7.89. The van der Waals surface area contributed by atoms with Crippen LogP contribution in [0.15, 0.2) is 24.3 Å². The Bertz CT molecular complexity index is 445. The molecule has 0 spiro atoms. The lowest BCUT2D eigenvalue weighted by Gasteiger charge is -2.13. The summed E-state index contributed by atoms with van der Waals surface area (Å²) in [4.78, 5) is 0. The molecule has 1 aromatic carbocycles. The molecule has 1 unspecified atom stereocenters. The second-order valence-corrected chi connectivity index (χ2v) is 5.68. The lowest BCUT2D eigenvalue weighted by Crippen LogP contribution is -2.24. The summed E-state index contributed by atoms with van der Waals surface area (Å²) in [5, 5.41) is 8.03. The van der Waals surface area contributed by atoms with Gasteiger partial charge in [-0.3, -0.25) is 0 Å². The van der Waals surface area contributed by atoms with Crippen LogP contribution in [-0.2, 0) is 10.0 Å². The van der Waals surface area contributed by atoms with Gasteiger partial charge in [0.15, 0.2) is 0 Å². The summed E-state index contributed by atoms with van der Waals surface area (Å²) in [5.41, 5.74) is 0.960. The fourth-order valence-electron chi connectivity index (χ4n) is 1.46. The van der Waals surface area contributed by atoms with Gasteiger partial charge in [0.1, 0.15) is 5.82 Å². The molecule has 6 heteroatoms. The van der Waals surface area contributed by atoms with Crippen molar-refractivity contribution in [1.29, 1.82) is 0 Å². The summed E-state index contributed by atoms with van der Waals surface area (Å²) < 4.78 is 34.1. The molecule has 0 fully saturated rings. The molecular formula is C11H17FN2O2S. The van der Waals surface area contributed by atoms with E-state index in [0.717, 1.165) is 5.56 Å². The molecule has 1 atom stereocenters. The summed E-state index contributed by atoms with van der Waals surface area (Å²) in [7, 11) is -3.38. The van der Waals surface area contributed by atoms with E-state index in [2.05, 4.69) is 5.32 Å². The summed E-state index contributed by atoms with van der Waals surface area (Å²) in [6.45, 7) is 2.49. The zero-order valence-corrected chi connectivity index (χ0v) is 10.5. The van der Waals surface area contributed by atoms with Crippen LogP contribution in [0.1, 0.15) is 24.9 Å². The van der Waals surface area contributed by atoms with Crippen molar-refractivity contribution >= 4 is 10.0 Å². The van der Waals surface area contributed by atoms with E-state index in [-0.39, 0.29) is 17.6 Å². The second-order valence-electron chi connectivity index (χ2n) is 3.95. The average molecular weight is 260 g/mol. The van der Waals surface area contributed by atoms with Gasteiger partial charge in [-0.15, -0.1) is 0 Å². The number of nitrogens with two attached hydrogens (primary N) is 1. The van der Waals surface area contributed by atoms with E-state index >= 15 is 0 Å². The van der Waals surface area contributed by atoms with Gasteiger partial charge in [0.25, 0.3) is 0 Å². The Morgan fingerprint density at radius 3 is 2.47 bits per heavy atom. The number of sulfonamides is 1. The highest BCUT2D eigenvalue weighted by atomic mass is 32.2. The Kier molecular flexibility index (Phi) is 5.04. The maximum atomic E-state index is 12.7. The predicted molar refractivity (Wildman–Crippen MR) is 65.4 cm³/mol. The van der Waals surface area contributed by atoms with Crippen LogP contribution in [0.5, 0.6) is 0 Å². The fourth-order valence-corrected chi connectivity index (χ4v) is 2.01. The van der Waals surface area contributed by atoms with E-state index in [9.17, 15) is 12.8 Å². The summed E-state index contributed by atoms with van der Waals surface area (Å²) >= 11 is 0. The van der Waals surface area contributed by atoms with Gasteiger partial charge in [-0.1, -0.05) is 12.1 Å². The number of hydrogen-bond acceptors (Lipinski definition) is 3. The van der Waals surface area contributed by atoms with Crippen LogP contribution in [0.3, 0.4) is 0 Å². The first-order valence-electron chi connectivity index (χ1n) is 5.38. The third-order valence-electron chi connectivity index (χ3n) is 2.43. The topological polar surface area (TPSA) is 72.2 Å². The monoisotopic (exact) mass is 260 g/mol. The zero-order valence-electron chi connectivity index (χ0n) is 9.69. The normalized spacial score (nSPS) is 13.6. The Hall–Kier alpha value is -0.980. The molecule has 0 aliphatic rings. The van der Waals surface area contributed by atoms with Crippen LogP contribution in [0, 0.1) is 5.82 Å². The Balaban J connectivity index is 2.35. The lowest BCUT2D eigenvalue weighted by molar-refractivity contribution is 0.558. The van der Waals surface area contributed by atoms with E-state index in [4.69, 9.17) is 5.14 Å². The molecule has 0 saturated carbocycles. The van der Waals surface area contributed by atoms with Crippen LogP contribution in [-0.4, -0.2) is 20.7 Å². The molecule has 0 aliphatic carbocycles. The maximum absolute atomic E-state index is 12.7. The first kappa shape index (κ1) is 14.1. The van der Waals surface area contributed by atoms with E-state index in [0.29, 0.717) is 13.0 Å². The predicted octanol–water partition coefficient (Wildman–Crippen LogP) is 1.15. The molecule has 1 rings (SSSR count). The number of benzene rings is 1. The number of primary sulfonamides is 1. The molecule has 0 amide bonds. The molecule has 0 aliphatic heterocycles. The molecule has 0 saturated heterocycles. The highest BCUT2D eigenvalue weighted by Gasteiger charge is 2.06. The van der Waals surface area contributed by atoms with Gasteiger partial charge in [0.2, 0.25) is 10.0 Å². The number of nitrogens with one attached hydrogen (secondary N) is 1. The third-order valence-corrected chi connectivity index (χ3v) is 3.28. The lowest BCUT2D eigenvalue weighted by atomic mass is 10.1. The molecule has 0 aromatic heterocycles. The summed E-state index contributed by atoms with van der Waals surface area (Å²) in [6.07, 6.45) is 0.463. The SMILES string of the molecule is CC(NCCCS(N)(=O)=O)c1ccc(F)cc1. The van der Waals surface area contributed by atoms with Crippen molar-refractivity contribution in [3.05, 3.63) is 35.6 Å². The van der Waals surface area contributed by atoms with Crippen LogP contribution in [0.2, 0.25) is 0 Å². The van der Waals surface area contributed by atoms with Crippen molar-refractivity contribution in [3.8, 4) is 0 Å². The first-order valence-corrected chi connectivity index (χ1v) is 7.09. The first-order chi connectivity index (χ1) is 7.88. The third kappa shape index (κ3) is 5.76. The molecule has 1 aromatic rings. The van der Waals surface area contributed by atoms with Crippen molar-refractivity contribution in [2.45, 2.75) is 19.4 Å². The van der Waals surface area contributed by atoms with Gasteiger partial charge in [0, 0.05) is 6.04 Å². The van der Waals surface area contributed by atoms with Gasteiger partial charge >= 0.3 is 0 Å². The van der Waals surface area contributed by atoms with Crippen molar-refractivity contribution in [2.24, 2.45) is 5.14 Å². The molecule has 0 bridgehead atoms. The van der Waals surface area contributed by atoms with Crippen LogP contribution in [0.4, 0.5) is 4.39 Å². The van der Waals surface area contributed by atoms with Gasteiger partial charge in [-0.05, 0) is 37.6 Å². The second kappa shape index (κ2) is 6.09. The summed E-state index contributed by atoms with van der Waals surface area (Å²) in [6, 6.07) is 6.26. The quantitative estimate of drug-likeness (QED) is 0.754. The minimum atomic E-state index is -3.38. The smallest absolute Gasteiger partial charge is 0.209 e. The Morgan fingerprint density at radius 2 is 1.94 bits per heavy atom. The molecule has 4 nitrogen and oxygen atoms in total. The van der Waals surface area contributed by atoms with E-state index in [1.165, 1.54) is 12.1 Å². The van der Waals surface area contributed by atoms with Gasteiger partial charge in [-0.2, -0.15) is 0 Å². The highest BCUT2D eigenvalue weighted by Crippen LogP contribution is 2.12. The number of halogens is 1. The van der Waals surface area contributed by atoms with Crippen LogP contribution >= 0.6 is 0 Å². The molecule has 0 radical (unpaired) electrons. The van der Waals surface area contributed by atoms with Gasteiger partial charge in [0.05, 0.1) is 5.75 Å². The van der Waals surface area contributed by atoms with Crippen LogP contribution in [0.25, 0.3) is 0 Å². The average Bonchev–Trinajstić information content (AvgIpc) is 2.24. The maximum Gasteiger partial charge on any atom is 0.209 e. The van der Waals surface area contributed by atoms with Crippen LogP contribution < -0.4 is 10.5 Å². The Labute approximate surface area is 101 Å².